The summed E-state index contributed by atoms with van der Waals surface area (Å²) in [4.78, 5) is 13.2. The molecule has 0 N–H and O–H groups in total. The molecule has 24 heavy (non-hydrogen) atoms. The van der Waals surface area contributed by atoms with E-state index in [1.807, 2.05) is 31.1 Å². The zero-order chi connectivity index (χ0) is 16.9. The molecule has 1 aliphatic rings. The monoisotopic (exact) mass is 349 g/mol. The third-order valence-electron chi connectivity index (χ3n) is 3.87. The van der Waals surface area contributed by atoms with Gasteiger partial charge in [0.15, 0.2) is 11.6 Å². The molecule has 0 bridgehead atoms. The van der Waals surface area contributed by atoms with E-state index in [-0.39, 0.29) is 6.10 Å². The van der Waals surface area contributed by atoms with Gasteiger partial charge in [-0.15, -0.1) is 0 Å². The van der Waals surface area contributed by atoms with Crippen LogP contribution >= 0.6 is 11.5 Å². The minimum Gasteiger partial charge on any atom is -0.485 e. The Balaban J connectivity index is 1.60. The van der Waals surface area contributed by atoms with Crippen LogP contribution in [0.2, 0.25) is 0 Å². The Morgan fingerprint density at radius 1 is 1.42 bits per heavy atom. The van der Waals surface area contributed by atoms with E-state index in [1.54, 1.807) is 13.3 Å². The fourth-order valence-electron chi connectivity index (χ4n) is 2.66. The highest BCUT2D eigenvalue weighted by molar-refractivity contribution is 7.09. The van der Waals surface area contributed by atoms with E-state index in [4.69, 9.17) is 9.47 Å². The van der Waals surface area contributed by atoms with Gasteiger partial charge in [-0.05, 0) is 12.1 Å². The van der Waals surface area contributed by atoms with Gasteiger partial charge in [-0.25, -0.2) is 9.97 Å². The molecule has 0 amide bonds. The van der Waals surface area contributed by atoms with Crippen LogP contribution in [0, 0.1) is 0 Å². The van der Waals surface area contributed by atoms with Crippen LogP contribution in [0.1, 0.15) is 12.2 Å². The lowest BCUT2D eigenvalue weighted by Crippen LogP contribution is -2.25. The number of ether oxygens (including phenoxy) is 2. The SMILES string of the molecule is COCCc1nsc(N2CCC(Oc3cccnc3N(C)C)C2)n1. The fraction of sp³-hybridized carbons (Fsp3) is 0.562. The molecule has 2 aromatic rings. The molecule has 3 rings (SSSR count). The molecule has 7 nitrogen and oxygen atoms in total. The van der Waals surface area contributed by atoms with Crippen molar-refractivity contribution in [3.8, 4) is 5.75 Å². The van der Waals surface area contributed by atoms with E-state index in [1.165, 1.54) is 11.5 Å². The highest BCUT2D eigenvalue weighted by Crippen LogP contribution is 2.29. The van der Waals surface area contributed by atoms with Crippen molar-refractivity contribution < 1.29 is 9.47 Å². The van der Waals surface area contributed by atoms with Crippen LogP contribution < -0.4 is 14.5 Å². The van der Waals surface area contributed by atoms with Crippen molar-refractivity contribution in [2.45, 2.75) is 18.9 Å². The van der Waals surface area contributed by atoms with Crippen LogP contribution in [0.15, 0.2) is 18.3 Å². The normalized spacial score (nSPS) is 17.3. The first-order valence-corrected chi connectivity index (χ1v) is 8.80. The number of anilines is 2. The van der Waals surface area contributed by atoms with E-state index in [0.29, 0.717) is 6.61 Å². The zero-order valence-corrected chi connectivity index (χ0v) is 15.1. The average molecular weight is 349 g/mol. The Labute approximate surface area is 146 Å². The molecular formula is C16H23N5O2S. The first kappa shape index (κ1) is 16.9. The lowest BCUT2D eigenvalue weighted by molar-refractivity contribution is 0.201. The molecule has 1 fully saturated rings. The van der Waals surface area contributed by atoms with Gasteiger partial charge in [0, 0.05) is 58.3 Å². The van der Waals surface area contributed by atoms with Crippen LogP contribution in [0.4, 0.5) is 10.9 Å². The topological polar surface area (TPSA) is 63.6 Å². The van der Waals surface area contributed by atoms with Crippen molar-refractivity contribution in [3.63, 3.8) is 0 Å². The Hall–Kier alpha value is -1.93. The highest BCUT2D eigenvalue weighted by atomic mass is 32.1. The van der Waals surface area contributed by atoms with Crippen molar-refractivity contribution in [3.05, 3.63) is 24.2 Å². The van der Waals surface area contributed by atoms with Crippen LogP contribution in [-0.2, 0) is 11.2 Å². The lowest BCUT2D eigenvalue weighted by atomic mass is 10.3. The molecule has 0 aromatic carbocycles. The summed E-state index contributed by atoms with van der Waals surface area (Å²) < 4.78 is 15.7. The summed E-state index contributed by atoms with van der Waals surface area (Å²) in [5, 5.41) is 0.964. The molecule has 8 heteroatoms. The maximum absolute atomic E-state index is 6.18. The molecule has 0 radical (unpaired) electrons. The van der Waals surface area contributed by atoms with Crippen LogP contribution in [0.5, 0.6) is 5.75 Å². The van der Waals surface area contributed by atoms with E-state index in [2.05, 4.69) is 19.2 Å². The number of rotatable bonds is 7. The number of hydrogen-bond acceptors (Lipinski definition) is 8. The summed E-state index contributed by atoms with van der Waals surface area (Å²) in [5.41, 5.74) is 0. The van der Waals surface area contributed by atoms with Crippen molar-refractivity contribution in [2.75, 3.05) is 50.7 Å². The van der Waals surface area contributed by atoms with Crippen molar-refractivity contribution in [2.24, 2.45) is 0 Å². The second-order valence-electron chi connectivity index (χ2n) is 5.93. The standard InChI is InChI=1S/C16H23N5O2S/c1-20(2)15-13(5-4-8-17-15)23-12-6-9-21(11-12)16-18-14(19-24-16)7-10-22-3/h4-5,8,12H,6-7,9-11H2,1-3H3. The molecule has 3 heterocycles. The second-order valence-corrected chi connectivity index (χ2v) is 6.66. The van der Waals surface area contributed by atoms with E-state index in [0.717, 1.165) is 48.5 Å². The summed E-state index contributed by atoms with van der Waals surface area (Å²) in [6.45, 7) is 2.40. The molecule has 0 saturated carbocycles. The molecular weight excluding hydrogens is 326 g/mol. The van der Waals surface area contributed by atoms with Gasteiger partial charge >= 0.3 is 0 Å². The minimum absolute atomic E-state index is 0.138. The van der Waals surface area contributed by atoms with E-state index in [9.17, 15) is 0 Å². The Bertz CT molecular complexity index is 663. The van der Waals surface area contributed by atoms with Gasteiger partial charge in [-0.1, -0.05) is 0 Å². The lowest BCUT2D eigenvalue weighted by Gasteiger charge is -2.20. The molecule has 0 spiro atoms. The quantitative estimate of drug-likeness (QED) is 0.756. The van der Waals surface area contributed by atoms with Gasteiger partial charge in [0.05, 0.1) is 13.2 Å². The zero-order valence-electron chi connectivity index (χ0n) is 14.3. The minimum atomic E-state index is 0.138. The van der Waals surface area contributed by atoms with Gasteiger partial charge in [-0.2, -0.15) is 4.37 Å². The molecule has 1 saturated heterocycles. The van der Waals surface area contributed by atoms with Gasteiger partial charge < -0.3 is 19.3 Å². The molecule has 130 valence electrons. The summed E-state index contributed by atoms with van der Waals surface area (Å²) in [5.74, 6) is 2.53. The Morgan fingerprint density at radius 3 is 3.08 bits per heavy atom. The number of pyridine rings is 1. The Kier molecular flexibility index (Phi) is 5.47. The average Bonchev–Trinajstić information content (AvgIpc) is 3.22. The van der Waals surface area contributed by atoms with Crippen molar-refractivity contribution in [1.82, 2.24) is 14.3 Å². The number of nitrogens with zero attached hydrogens (tertiary/aromatic N) is 5. The third-order valence-corrected chi connectivity index (χ3v) is 4.69. The van der Waals surface area contributed by atoms with Crippen LogP contribution in [-0.4, -0.2) is 61.3 Å². The van der Waals surface area contributed by atoms with Crippen LogP contribution in [0.3, 0.4) is 0 Å². The summed E-state index contributed by atoms with van der Waals surface area (Å²) in [6.07, 6.45) is 3.64. The predicted octanol–water partition coefficient (Wildman–Crippen LogP) is 1.85. The highest BCUT2D eigenvalue weighted by Gasteiger charge is 2.27. The summed E-state index contributed by atoms with van der Waals surface area (Å²) >= 11 is 1.45. The first-order valence-electron chi connectivity index (χ1n) is 8.03. The molecule has 1 unspecified atom stereocenters. The predicted molar refractivity (Wildman–Crippen MR) is 95.3 cm³/mol. The molecule has 1 atom stereocenters. The van der Waals surface area contributed by atoms with Crippen molar-refractivity contribution in [1.29, 1.82) is 0 Å². The molecule has 2 aromatic heterocycles. The number of hydrogen-bond donors (Lipinski definition) is 0. The maximum Gasteiger partial charge on any atom is 0.205 e. The number of aromatic nitrogens is 3. The Morgan fingerprint density at radius 2 is 2.29 bits per heavy atom. The summed E-state index contributed by atoms with van der Waals surface area (Å²) in [6, 6.07) is 3.88. The van der Waals surface area contributed by atoms with Gasteiger partial charge in [0.1, 0.15) is 11.9 Å². The third kappa shape index (κ3) is 3.93. The van der Waals surface area contributed by atoms with E-state index < -0.39 is 0 Å². The first-order chi connectivity index (χ1) is 11.7. The smallest absolute Gasteiger partial charge is 0.205 e. The largest absolute Gasteiger partial charge is 0.485 e. The second kappa shape index (κ2) is 7.76. The van der Waals surface area contributed by atoms with Crippen molar-refractivity contribution >= 4 is 22.5 Å². The number of methoxy groups -OCH3 is 1. The molecule has 1 aliphatic heterocycles. The fourth-order valence-corrected chi connectivity index (χ4v) is 3.40. The van der Waals surface area contributed by atoms with Gasteiger partial charge in [0.25, 0.3) is 0 Å². The van der Waals surface area contributed by atoms with E-state index >= 15 is 0 Å². The summed E-state index contributed by atoms with van der Waals surface area (Å²) in [7, 11) is 5.63. The maximum atomic E-state index is 6.18. The van der Waals surface area contributed by atoms with Gasteiger partial charge in [-0.3, -0.25) is 0 Å². The molecule has 0 aliphatic carbocycles. The van der Waals surface area contributed by atoms with Crippen LogP contribution in [0.25, 0.3) is 0 Å². The van der Waals surface area contributed by atoms with Gasteiger partial charge in [0.2, 0.25) is 5.13 Å².